The first kappa shape index (κ1) is 17.0. The number of halogens is 2. The highest BCUT2D eigenvalue weighted by Gasteiger charge is 2.30. The average Bonchev–Trinajstić information content (AvgIpc) is 2.41. The van der Waals surface area contributed by atoms with Crippen molar-refractivity contribution in [3.05, 3.63) is 28.2 Å². The Hall–Kier alpha value is -0.330. The molecule has 21 heavy (non-hydrogen) atoms. The Morgan fingerprint density at radius 3 is 2.33 bits per heavy atom. The maximum atomic E-state index is 12.7. The highest BCUT2D eigenvalue weighted by Crippen LogP contribution is 2.31. The van der Waals surface area contributed by atoms with Crippen molar-refractivity contribution in [2.24, 2.45) is 5.92 Å². The summed E-state index contributed by atoms with van der Waals surface area (Å²) in [6.45, 7) is 7.77. The molecule has 4 nitrogen and oxygen atoms in total. The fourth-order valence-electron chi connectivity index (χ4n) is 2.49. The van der Waals surface area contributed by atoms with Gasteiger partial charge in [0.2, 0.25) is 10.0 Å². The van der Waals surface area contributed by atoms with Gasteiger partial charge in [0, 0.05) is 32.7 Å². The summed E-state index contributed by atoms with van der Waals surface area (Å²) in [6.07, 6.45) is 0. The normalized spacial score (nSPS) is 18.3. The summed E-state index contributed by atoms with van der Waals surface area (Å²) in [5, 5.41) is 0.361. The van der Waals surface area contributed by atoms with Gasteiger partial charge in [-0.1, -0.05) is 43.1 Å². The molecule has 0 spiro atoms. The number of rotatable bonds is 4. The molecule has 2 rings (SSSR count). The van der Waals surface area contributed by atoms with Crippen LogP contribution in [0.2, 0.25) is 10.0 Å². The van der Waals surface area contributed by atoms with Gasteiger partial charge < -0.3 is 4.90 Å². The topological polar surface area (TPSA) is 40.6 Å². The molecule has 1 aliphatic rings. The minimum atomic E-state index is -3.58. The van der Waals surface area contributed by atoms with Crippen molar-refractivity contribution in [1.82, 2.24) is 9.21 Å². The van der Waals surface area contributed by atoms with Gasteiger partial charge in [0.25, 0.3) is 0 Å². The van der Waals surface area contributed by atoms with Crippen LogP contribution in [0.3, 0.4) is 0 Å². The van der Waals surface area contributed by atoms with Gasteiger partial charge in [-0.15, -0.1) is 0 Å². The SMILES string of the molecule is CC(C)CN1CCN(S(=O)(=O)c2cccc(Cl)c2Cl)CC1. The smallest absolute Gasteiger partial charge is 0.244 e. The zero-order chi connectivity index (χ0) is 15.6. The van der Waals surface area contributed by atoms with Gasteiger partial charge in [-0.3, -0.25) is 0 Å². The lowest BCUT2D eigenvalue weighted by molar-refractivity contribution is 0.172. The van der Waals surface area contributed by atoms with Crippen LogP contribution in [0, 0.1) is 5.92 Å². The fraction of sp³-hybridized carbons (Fsp3) is 0.571. The molecule has 1 saturated heterocycles. The van der Waals surface area contributed by atoms with Gasteiger partial charge in [0.05, 0.1) is 10.0 Å². The third kappa shape index (κ3) is 3.90. The van der Waals surface area contributed by atoms with E-state index in [1.807, 2.05) is 0 Å². The minimum Gasteiger partial charge on any atom is -0.300 e. The van der Waals surface area contributed by atoms with Crippen LogP contribution in [-0.2, 0) is 10.0 Å². The minimum absolute atomic E-state index is 0.0916. The second-order valence-electron chi connectivity index (χ2n) is 5.65. The molecular weight excluding hydrogens is 331 g/mol. The Bertz CT molecular complexity index is 597. The molecule has 1 heterocycles. The van der Waals surface area contributed by atoms with E-state index in [-0.39, 0.29) is 14.9 Å². The van der Waals surface area contributed by atoms with Crippen molar-refractivity contribution < 1.29 is 8.42 Å². The number of benzene rings is 1. The Morgan fingerprint density at radius 2 is 1.76 bits per heavy atom. The summed E-state index contributed by atoms with van der Waals surface area (Å²) in [5.41, 5.74) is 0. The summed E-state index contributed by atoms with van der Waals surface area (Å²) in [6, 6.07) is 4.70. The zero-order valence-corrected chi connectivity index (χ0v) is 14.5. The predicted molar refractivity (Wildman–Crippen MR) is 86.5 cm³/mol. The van der Waals surface area contributed by atoms with E-state index in [0.717, 1.165) is 19.6 Å². The zero-order valence-electron chi connectivity index (χ0n) is 12.2. The molecule has 1 fully saturated rings. The molecule has 0 bridgehead atoms. The predicted octanol–water partition coefficient (Wildman–Crippen LogP) is 2.96. The first-order chi connectivity index (χ1) is 9.82. The number of nitrogens with zero attached hydrogens (tertiary/aromatic N) is 2. The van der Waals surface area contributed by atoms with Crippen LogP contribution in [0.15, 0.2) is 23.1 Å². The summed E-state index contributed by atoms with van der Waals surface area (Å²) in [7, 11) is -3.58. The standard InChI is InChI=1S/C14H20Cl2N2O2S/c1-11(2)10-17-6-8-18(9-7-17)21(19,20)13-5-3-4-12(15)14(13)16/h3-5,11H,6-10H2,1-2H3. The van der Waals surface area contributed by atoms with E-state index in [4.69, 9.17) is 23.2 Å². The van der Waals surface area contributed by atoms with Crippen LogP contribution >= 0.6 is 23.2 Å². The molecular formula is C14H20Cl2N2O2S. The Kier molecular flexibility index (Phi) is 5.54. The van der Waals surface area contributed by atoms with Crippen LogP contribution in [0.5, 0.6) is 0 Å². The van der Waals surface area contributed by atoms with E-state index in [2.05, 4.69) is 18.7 Å². The van der Waals surface area contributed by atoms with Crippen LogP contribution in [0.4, 0.5) is 0 Å². The molecule has 0 atom stereocenters. The van der Waals surface area contributed by atoms with E-state index in [0.29, 0.717) is 19.0 Å². The van der Waals surface area contributed by atoms with Crippen LogP contribution in [0.25, 0.3) is 0 Å². The summed E-state index contributed by atoms with van der Waals surface area (Å²) < 4.78 is 26.8. The van der Waals surface area contributed by atoms with Crippen LogP contribution in [-0.4, -0.2) is 50.3 Å². The highest BCUT2D eigenvalue weighted by molar-refractivity contribution is 7.89. The number of sulfonamides is 1. The summed E-state index contributed by atoms with van der Waals surface area (Å²) in [5.74, 6) is 0.579. The monoisotopic (exact) mass is 350 g/mol. The third-order valence-electron chi connectivity index (χ3n) is 3.49. The molecule has 1 aromatic carbocycles. The molecule has 7 heteroatoms. The number of piperazine rings is 1. The van der Waals surface area contributed by atoms with Crippen molar-refractivity contribution in [2.75, 3.05) is 32.7 Å². The van der Waals surface area contributed by atoms with E-state index in [1.165, 1.54) is 10.4 Å². The van der Waals surface area contributed by atoms with Crippen molar-refractivity contribution >= 4 is 33.2 Å². The van der Waals surface area contributed by atoms with E-state index in [1.54, 1.807) is 12.1 Å². The second-order valence-corrected chi connectivity index (χ2v) is 8.34. The van der Waals surface area contributed by atoms with Gasteiger partial charge in [0.1, 0.15) is 4.90 Å². The van der Waals surface area contributed by atoms with Gasteiger partial charge in [-0.2, -0.15) is 4.31 Å². The first-order valence-corrected chi connectivity index (χ1v) is 9.18. The first-order valence-electron chi connectivity index (χ1n) is 6.99. The lowest BCUT2D eigenvalue weighted by Crippen LogP contribution is -2.49. The Morgan fingerprint density at radius 1 is 1.14 bits per heavy atom. The molecule has 0 unspecified atom stereocenters. The fourth-order valence-corrected chi connectivity index (χ4v) is 4.65. The van der Waals surface area contributed by atoms with Crippen LogP contribution < -0.4 is 0 Å². The second kappa shape index (κ2) is 6.84. The van der Waals surface area contributed by atoms with Crippen molar-refractivity contribution in [2.45, 2.75) is 18.7 Å². The van der Waals surface area contributed by atoms with Crippen molar-refractivity contribution in [3.63, 3.8) is 0 Å². The maximum Gasteiger partial charge on any atom is 0.244 e. The van der Waals surface area contributed by atoms with Crippen LogP contribution in [0.1, 0.15) is 13.8 Å². The van der Waals surface area contributed by atoms with E-state index in [9.17, 15) is 8.42 Å². The Labute approximate surface area is 136 Å². The third-order valence-corrected chi connectivity index (χ3v) is 6.36. The maximum absolute atomic E-state index is 12.7. The summed E-state index contributed by atoms with van der Waals surface area (Å²) in [4.78, 5) is 2.38. The molecule has 0 amide bonds. The molecule has 1 aliphatic heterocycles. The lowest BCUT2D eigenvalue weighted by atomic mass is 10.2. The van der Waals surface area contributed by atoms with E-state index >= 15 is 0 Å². The number of hydrogen-bond donors (Lipinski definition) is 0. The molecule has 118 valence electrons. The van der Waals surface area contributed by atoms with Gasteiger partial charge >= 0.3 is 0 Å². The van der Waals surface area contributed by atoms with Crippen molar-refractivity contribution in [3.8, 4) is 0 Å². The quantitative estimate of drug-likeness (QED) is 0.837. The molecule has 0 aromatic heterocycles. The molecule has 0 N–H and O–H groups in total. The summed E-state index contributed by atoms with van der Waals surface area (Å²) >= 11 is 12.0. The van der Waals surface area contributed by atoms with Gasteiger partial charge in [0.15, 0.2) is 0 Å². The Balaban J connectivity index is 2.13. The van der Waals surface area contributed by atoms with Crippen molar-refractivity contribution in [1.29, 1.82) is 0 Å². The van der Waals surface area contributed by atoms with E-state index < -0.39 is 10.0 Å². The highest BCUT2D eigenvalue weighted by atomic mass is 35.5. The molecule has 0 aliphatic carbocycles. The number of hydrogen-bond acceptors (Lipinski definition) is 3. The van der Waals surface area contributed by atoms with Gasteiger partial charge in [-0.25, -0.2) is 8.42 Å². The molecule has 0 saturated carbocycles. The molecule has 0 radical (unpaired) electrons. The van der Waals surface area contributed by atoms with Gasteiger partial charge in [-0.05, 0) is 18.1 Å². The lowest BCUT2D eigenvalue weighted by Gasteiger charge is -2.34. The average molecular weight is 351 g/mol. The largest absolute Gasteiger partial charge is 0.300 e. The molecule has 1 aromatic rings.